The molecule has 0 saturated heterocycles. The van der Waals surface area contributed by atoms with E-state index in [2.05, 4.69) is 18.8 Å². The van der Waals surface area contributed by atoms with Crippen LogP contribution in [-0.2, 0) is 14.3 Å². The van der Waals surface area contributed by atoms with Crippen LogP contribution in [-0.4, -0.2) is 41.0 Å². The summed E-state index contributed by atoms with van der Waals surface area (Å²) in [6.07, 6.45) is 3.83. The number of allylic oxidation sites excluding steroid dienone is 1. The molecule has 1 N–H and O–H groups in total. The number of rotatable bonds is 11. The normalized spacial score (nSPS) is 15.4. The van der Waals surface area contributed by atoms with E-state index in [1.165, 1.54) is 11.0 Å². The lowest BCUT2D eigenvalue weighted by molar-refractivity contribution is -0.117. The van der Waals surface area contributed by atoms with E-state index in [4.69, 9.17) is 9.47 Å². The monoisotopic (exact) mass is 560 g/mol. The van der Waals surface area contributed by atoms with Crippen molar-refractivity contribution in [2.24, 2.45) is 5.92 Å². The molecule has 9 heteroatoms. The average Bonchev–Trinajstić information content (AvgIpc) is 3.44. The number of aliphatic hydroxyl groups excluding tert-OH is 1. The summed E-state index contributed by atoms with van der Waals surface area (Å²) < 4.78 is 11.1. The highest BCUT2D eigenvalue weighted by molar-refractivity contribution is 7.17. The van der Waals surface area contributed by atoms with Crippen molar-refractivity contribution in [1.29, 1.82) is 0 Å². The van der Waals surface area contributed by atoms with Gasteiger partial charge in [-0.2, -0.15) is 0 Å². The Morgan fingerprint density at radius 3 is 2.60 bits per heavy atom. The third-order valence-electron chi connectivity index (χ3n) is 6.29. The van der Waals surface area contributed by atoms with E-state index >= 15 is 0 Å². The van der Waals surface area contributed by atoms with Crippen molar-refractivity contribution in [3.05, 3.63) is 93.7 Å². The second kappa shape index (κ2) is 12.7. The Kier molecular flexibility index (Phi) is 9.16. The number of ether oxygens (including phenoxy) is 2. The first-order valence-electron chi connectivity index (χ1n) is 13.1. The van der Waals surface area contributed by atoms with Crippen LogP contribution in [0.5, 0.6) is 5.75 Å². The smallest absolute Gasteiger partial charge is 0.350 e. The Morgan fingerprint density at radius 2 is 1.90 bits per heavy atom. The number of aliphatic hydroxyl groups is 1. The Hall–Kier alpha value is -4.24. The molecule has 1 aliphatic rings. The number of ketones is 1. The van der Waals surface area contributed by atoms with Crippen molar-refractivity contribution >= 4 is 40.2 Å². The van der Waals surface area contributed by atoms with Crippen LogP contribution in [0.3, 0.4) is 0 Å². The molecular weight excluding hydrogens is 528 g/mol. The highest BCUT2D eigenvalue weighted by atomic mass is 32.1. The quantitative estimate of drug-likeness (QED) is 0.219. The number of anilines is 1. The highest BCUT2D eigenvalue weighted by Gasteiger charge is 2.45. The molecule has 0 fully saturated rings. The standard InChI is InChI=1S/C31H32N2O6S/c1-5-38-30(37)28-20(4)32-31(40-28)33-26(22-12-9-13-23(18-22)39-17-16-19(2)3)25(27(35)29(33)36)24(34)15-14-21-10-7-6-8-11-21/h6-15,18-19,26,35H,5,16-17H2,1-4H3. The number of hydrogen-bond acceptors (Lipinski definition) is 8. The van der Waals surface area contributed by atoms with Gasteiger partial charge in [0.25, 0.3) is 5.91 Å². The molecule has 0 radical (unpaired) electrons. The van der Waals surface area contributed by atoms with Gasteiger partial charge in [-0.15, -0.1) is 0 Å². The number of carbonyl (C=O) groups is 3. The van der Waals surface area contributed by atoms with Crippen LogP contribution in [0.15, 0.2) is 72.0 Å². The number of carbonyl (C=O) groups excluding carboxylic acids is 3. The molecule has 1 unspecified atom stereocenters. The van der Waals surface area contributed by atoms with Crippen LogP contribution >= 0.6 is 11.3 Å². The lowest BCUT2D eigenvalue weighted by Crippen LogP contribution is -2.30. The fraction of sp³-hybridized carbons (Fsp3) is 0.290. The maximum absolute atomic E-state index is 13.5. The third kappa shape index (κ3) is 6.31. The van der Waals surface area contributed by atoms with Gasteiger partial charge in [-0.1, -0.05) is 73.7 Å². The van der Waals surface area contributed by atoms with E-state index < -0.39 is 29.5 Å². The molecule has 1 amide bonds. The van der Waals surface area contributed by atoms with Gasteiger partial charge in [-0.05, 0) is 55.5 Å². The van der Waals surface area contributed by atoms with Crippen molar-refractivity contribution in [3.63, 3.8) is 0 Å². The molecule has 2 heterocycles. The Balaban J connectivity index is 1.76. The minimum atomic E-state index is -0.991. The van der Waals surface area contributed by atoms with Gasteiger partial charge in [0.15, 0.2) is 16.7 Å². The Labute approximate surface area is 237 Å². The fourth-order valence-corrected chi connectivity index (χ4v) is 5.24. The number of thiazole rings is 1. The Morgan fingerprint density at radius 1 is 1.15 bits per heavy atom. The summed E-state index contributed by atoms with van der Waals surface area (Å²) in [5.41, 5.74) is 1.66. The maximum atomic E-state index is 13.5. The van der Waals surface area contributed by atoms with Crippen LogP contribution in [0.4, 0.5) is 5.13 Å². The van der Waals surface area contributed by atoms with Crippen molar-refractivity contribution < 1.29 is 29.0 Å². The van der Waals surface area contributed by atoms with E-state index in [0.29, 0.717) is 29.5 Å². The predicted molar refractivity (Wildman–Crippen MR) is 155 cm³/mol. The second-order valence-corrected chi connectivity index (χ2v) is 10.7. The van der Waals surface area contributed by atoms with Crippen LogP contribution in [0.25, 0.3) is 6.08 Å². The van der Waals surface area contributed by atoms with E-state index in [9.17, 15) is 19.5 Å². The van der Waals surface area contributed by atoms with Gasteiger partial charge in [0.1, 0.15) is 10.6 Å². The van der Waals surface area contributed by atoms with Gasteiger partial charge >= 0.3 is 5.97 Å². The molecule has 2 aromatic carbocycles. The van der Waals surface area contributed by atoms with Crippen LogP contribution in [0, 0.1) is 12.8 Å². The SMILES string of the molecule is CCOC(=O)c1sc(N2C(=O)C(O)=C(C(=O)C=Cc3ccccc3)C2c2cccc(OCCC(C)C)c2)nc1C. The number of aromatic nitrogens is 1. The summed E-state index contributed by atoms with van der Waals surface area (Å²) in [5, 5.41) is 11.2. The topological polar surface area (TPSA) is 106 Å². The maximum Gasteiger partial charge on any atom is 0.350 e. The minimum Gasteiger partial charge on any atom is -0.503 e. The molecule has 1 atom stereocenters. The zero-order valence-electron chi connectivity index (χ0n) is 22.9. The van der Waals surface area contributed by atoms with Gasteiger partial charge < -0.3 is 14.6 Å². The Bertz CT molecular complexity index is 1460. The van der Waals surface area contributed by atoms with E-state index in [-0.39, 0.29) is 22.2 Å². The van der Waals surface area contributed by atoms with E-state index in [1.807, 2.05) is 30.3 Å². The number of esters is 1. The summed E-state index contributed by atoms with van der Waals surface area (Å²) in [6, 6.07) is 15.4. The molecule has 4 rings (SSSR count). The predicted octanol–water partition coefficient (Wildman–Crippen LogP) is 6.24. The summed E-state index contributed by atoms with van der Waals surface area (Å²) in [7, 11) is 0. The molecule has 8 nitrogen and oxygen atoms in total. The number of benzene rings is 2. The number of hydrogen-bond donors (Lipinski definition) is 1. The van der Waals surface area contributed by atoms with Gasteiger partial charge in [0, 0.05) is 0 Å². The molecule has 3 aromatic rings. The first-order chi connectivity index (χ1) is 19.2. The third-order valence-corrected chi connectivity index (χ3v) is 7.43. The number of amides is 1. The minimum absolute atomic E-state index is 0.0814. The molecule has 1 aromatic heterocycles. The largest absolute Gasteiger partial charge is 0.503 e. The molecule has 0 bridgehead atoms. The van der Waals surface area contributed by atoms with Gasteiger partial charge in [0.05, 0.1) is 30.5 Å². The summed E-state index contributed by atoms with van der Waals surface area (Å²) in [6.45, 7) is 8.26. The molecular formula is C31H32N2O6S. The van der Waals surface area contributed by atoms with Crippen molar-refractivity contribution in [3.8, 4) is 5.75 Å². The molecule has 208 valence electrons. The second-order valence-electron chi connectivity index (χ2n) is 9.68. The fourth-order valence-electron chi connectivity index (χ4n) is 4.25. The molecule has 1 aliphatic heterocycles. The van der Waals surface area contributed by atoms with Gasteiger partial charge in [0.2, 0.25) is 0 Å². The summed E-state index contributed by atoms with van der Waals surface area (Å²) in [4.78, 5) is 45.5. The van der Waals surface area contributed by atoms with Crippen LogP contribution < -0.4 is 9.64 Å². The van der Waals surface area contributed by atoms with E-state index in [0.717, 1.165) is 23.3 Å². The first-order valence-corrected chi connectivity index (χ1v) is 13.9. The van der Waals surface area contributed by atoms with Crippen molar-refractivity contribution in [2.45, 2.75) is 40.2 Å². The van der Waals surface area contributed by atoms with E-state index in [1.54, 1.807) is 44.2 Å². The highest BCUT2D eigenvalue weighted by Crippen LogP contribution is 2.43. The van der Waals surface area contributed by atoms with Gasteiger partial charge in [-0.25, -0.2) is 9.78 Å². The lowest BCUT2D eigenvalue weighted by Gasteiger charge is -2.24. The molecule has 0 spiro atoms. The lowest BCUT2D eigenvalue weighted by atomic mass is 9.95. The van der Waals surface area contributed by atoms with Gasteiger partial charge in [-0.3, -0.25) is 14.5 Å². The zero-order valence-corrected chi connectivity index (χ0v) is 23.7. The van der Waals surface area contributed by atoms with Crippen molar-refractivity contribution in [2.75, 3.05) is 18.1 Å². The van der Waals surface area contributed by atoms with Crippen molar-refractivity contribution in [1.82, 2.24) is 4.98 Å². The molecule has 40 heavy (non-hydrogen) atoms. The molecule has 0 saturated carbocycles. The summed E-state index contributed by atoms with van der Waals surface area (Å²) in [5.74, 6) is -1.47. The zero-order chi connectivity index (χ0) is 28.8. The van der Waals surface area contributed by atoms with Crippen LogP contribution in [0.1, 0.15) is 59.7 Å². The summed E-state index contributed by atoms with van der Waals surface area (Å²) >= 11 is 0.975. The average molecular weight is 561 g/mol. The number of aryl methyl sites for hydroxylation is 1. The first kappa shape index (κ1) is 28.8. The molecule has 0 aliphatic carbocycles. The van der Waals surface area contributed by atoms with Crippen LogP contribution in [0.2, 0.25) is 0 Å². The number of nitrogens with zero attached hydrogens (tertiary/aromatic N) is 2.